The molecule has 8 heteroatoms. The second-order valence-corrected chi connectivity index (χ2v) is 5.26. The van der Waals surface area contributed by atoms with Crippen LogP contribution in [-0.4, -0.2) is 60.0 Å². The van der Waals surface area contributed by atoms with E-state index >= 15 is 0 Å². The van der Waals surface area contributed by atoms with Gasteiger partial charge in [0.1, 0.15) is 0 Å². The number of hydrogen-bond donors (Lipinski definition) is 2. The number of carbonyl (C=O) groups is 4. The van der Waals surface area contributed by atoms with E-state index in [1.165, 1.54) is 0 Å². The molecule has 0 spiro atoms. The summed E-state index contributed by atoms with van der Waals surface area (Å²) < 4.78 is 4.44. The molecule has 8 nitrogen and oxygen atoms in total. The number of fused-ring (bicyclic) bond motifs is 1. The van der Waals surface area contributed by atoms with E-state index in [1.807, 2.05) is 0 Å². The molecule has 0 radical (unpaired) electrons. The molecule has 3 amide bonds. The smallest absolute Gasteiger partial charge is 0.330 e. The third-order valence-corrected chi connectivity index (χ3v) is 3.70. The quantitative estimate of drug-likeness (QED) is 0.523. The average molecular weight is 334 g/mol. The van der Waals surface area contributed by atoms with Crippen LogP contribution < -0.4 is 5.32 Å². The fraction of sp³-hybridized carbons (Fsp3) is 0.375. The second-order valence-electron chi connectivity index (χ2n) is 5.26. The Hall–Kier alpha value is -2.74. The van der Waals surface area contributed by atoms with E-state index < -0.39 is 30.4 Å². The van der Waals surface area contributed by atoms with E-state index in [-0.39, 0.29) is 25.3 Å². The number of aliphatic hydroxyl groups excluding tert-OH is 1. The molecule has 0 saturated carbocycles. The molecule has 0 aromatic heterocycles. The minimum absolute atomic E-state index is 0.100. The van der Waals surface area contributed by atoms with Crippen molar-refractivity contribution in [3.8, 4) is 0 Å². The van der Waals surface area contributed by atoms with Gasteiger partial charge in [0.25, 0.3) is 5.91 Å². The predicted octanol–water partition coefficient (Wildman–Crippen LogP) is -0.748. The molecular weight excluding hydrogens is 316 g/mol. The maximum Gasteiger partial charge on any atom is 0.330 e. The highest BCUT2D eigenvalue weighted by molar-refractivity contribution is 6.09. The van der Waals surface area contributed by atoms with Gasteiger partial charge in [-0.1, -0.05) is 18.2 Å². The van der Waals surface area contributed by atoms with E-state index in [0.717, 1.165) is 12.0 Å². The van der Waals surface area contributed by atoms with Crippen molar-refractivity contribution < 1.29 is 29.0 Å². The summed E-state index contributed by atoms with van der Waals surface area (Å²) in [7, 11) is 1.14. The first-order valence-electron chi connectivity index (χ1n) is 7.38. The number of nitrogens with zero attached hydrogens (tertiary/aromatic N) is 1. The monoisotopic (exact) mass is 334 g/mol. The molecule has 1 aliphatic rings. The Kier molecular flexibility index (Phi) is 5.64. The standard InChI is InChI=1S/C16H18N2O6/c1-24-16(23)12(9-19)17-13(20)6-7-18-14(21)8-10-4-2-3-5-11(10)15(18)22/h2-5,12,19H,6-9H2,1H3,(H,17,20)/t12-/m0/s1. The molecule has 24 heavy (non-hydrogen) atoms. The van der Waals surface area contributed by atoms with Crippen LogP contribution >= 0.6 is 0 Å². The maximum atomic E-state index is 12.3. The summed E-state index contributed by atoms with van der Waals surface area (Å²) in [6, 6.07) is 5.65. The summed E-state index contributed by atoms with van der Waals surface area (Å²) in [5.74, 6) is -2.16. The maximum absolute atomic E-state index is 12.3. The van der Waals surface area contributed by atoms with E-state index in [4.69, 9.17) is 5.11 Å². The Morgan fingerprint density at radius 3 is 2.71 bits per heavy atom. The number of ether oxygens (including phenoxy) is 1. The van der Waals surface area contributed by atoms with Crippen LogP contribution in [0.15, 0.2) is 24.3 Å². The lowest BCUT2D eigenvalue weighted by molar-refractivity contribution is -0.146. The van der Waals surface area contributed by atoms with E-state index in [1.54, 1.807) is 24.3 Å². The Labute approximate surface area is 138 Å². The van der Waals surface area contributed by atoms with E-state index in [2.05, 4.69) is 10.1 Å². The van der Waals surface area contributed by atoms with Gasteiger partial charge in [-0.2, -0.15) is 0 Å². The number of amides is 3. The lowest BCUT2D eigenvalue weighted by atomic mass is 9.98. The third-order valence-electron chi connectivity index (χ3n) is 3.70. The first kappa shape index (κ1) is 17.6. The van der Waals surface area contributed by atoms with Crippen molar-refractivity contribution in [2.24, 2.45) is 0 Å². The molecule has 1 aliphatic heterocycles. The number of imide groups is 1. The molecule has 0 aliphatic carbocycles. The van der Waals surface area contributed by atoms with Crippen molar-refractivity contribution >= 4 is 23.7 Å². The van der Waals surface area contributed by atoms with Gasteiger partial charge in [-0.15, -0.1) is 0 Å². The van der Waals surface area contributed by atoms with Crippen molar-refractivity contribution in [3.63, 3.8) is 0 Å². The summed E-state index contributed by atoms with van der Waals surface area (Å²) in [5.41, 5.74) is 1.11. The summed E-state index contributed by atoms with van der Waals surface area (Å²) in [5, 5.41) is 11.3. The number of esters is 1. The van der Waals surface area contributed by atoms with Crippen LogP contribution in [0.2, 0.25) is 0 Å². The van der Waals surface area contributed by atoms with Crippen LogP contribution in [-0.2, 0) is 25.5 Å². The van der Waals surface area contributed by atoms with Gasteiger partial charge in [0.15, 0.2) is 6.04 Å². The summed E-state index contributed by atoms with van der Waals surface area (Å²) >= 11 is 0. The van der Waals surface area contributed by atoms with E-state index in [0.29, 0.717) is 11.1 Å². The number of benzene rings is 1. The van der Waals surface area contributed by atoms with Crippen molar-refractivity contribution in [1.82, 2.24) is 10.2 Å². The number of aliphatic hydroxyl groups is 1. The Morgan fingerprint density at radius 2 is 2.04 bits per heavy atom. The average Bonchev–Trinajstić information content (AvgIpc) is 2.58. The molecule has 1 aromatic carbocycles. The summed E-state index contributed by atoms with van der Waals surface area (Å²) in [6.07, 6.45) is -0.0713. The molecule has 0 bridgehead atoms. The third kappa shape index (κ3) is 3.77. The fourth-order valence-electron chi connectivity index (χ4n) is 2.43. The van der Waals surface area contributed by atoms with Crippen LogP contribution in [0.3, 0.4) is 0 Å². The normalized spacial score (nSPS) is 14.8. The Balaban J connectivity index is 1.97. The fourth-order valence-corrected chi connectivity index (χ4v) is 2.43. The molecule has 1 atom stereocenters. The van der Waals surface area contributed by atoms with E-state index in [9.17, 15) is 19.2 Å². The highest BCUT2D eigenvalue weighted by Gasteiger charge is 2.31. The zero-order valence-electron chi connectivity index (χ0n) is 13.2. The highest BCUT2D eigenvalue weighted by Crippen LogP contribution is 2.19. The first-order valence-corrected chi connectivity index (χ1v) is 7.38. The zero-order valence-corrected chi connectivity index (χ0v) is 13.2. The van der Waals surface area contributed by atoms with Crippen LogP contribution in [0.5, 0.6) is 0 Å². The molecule has 1 heterocycles. The molecule has 0 unspecified atom stereocenters. The van der Waals surface area contributed by atoms with Gasteiger partial charge in [0.2, 0.25) is 11.8 Å². The molecule has 1 aromatic rings. The Morgan fingerprint density at radius 1 is 1.33 bits per heavy atom. The molecule has 2 rings (SSSR count). The molecular formula is C16H18N2O6. The molecule has 0 fully saturated rings. The number of nitrogens with one attached hydrogen (secondary N) is 1. The molecule has 2 N–H and O–H groups in total. The topological polar surface area (TPSA) is 113 Å². The van der Waals surface area contributed by atoms with Gasteiger partial charge in [-0.25, -0.2) is 4.79 Å². The predicted molar refractivity (Wildman–Crippen MR) is 81.8 cm³/mol. The van der Waals surface area contributed by atoms with Crippen LogP contribution in [0.25, 0.3) is 0 Å². The Bertz CT molecular complexity index is 672. The number of methoxy groups -OCH3 is 1. The largest absolute Gasteiger partial charge is 0.467 e. The van der Waals surface area contributed by atoms with Gasteiger partial charge in [-0.05, 0) is 11.6 Å². The first-order chi connectivity index (χ1) is 11.5. The van der Waals surface area contributed by atoms with Gasteiger partial charge >= 0.3 is 5.97 Å². The SMILES string of the molecule is COC(=O)[C@H](CO)NC(=O)CCN1C(=O)Cc2ccccc2C1=O. The van der Waals surface area contributed by atoms with Crippen molar-refractivity contribution in [2.75, 3.05) is 20.3 Å². The van der Waals surface area contributed by atoms with Gasteiger partial charge in [0, 0.05) is 18.5 Å². The summed E-state index contributed by atoms with van der Waals surface area (Å²) in [6.45, 7) is -0.704. The van der Waals surface area contributed by atoms with Crippen molar-refractivity contribution in [2.45, 2.75) is 18.9 Å². The number of carbonyl (C=O) groups excluding carboxylic acids is 4. The number of rotatable bonds is 6. The lowest BCUT2D eigenvalue weighted by Gasteiger charge is -2.26. The van der Waals surface area contributed by atoms with Crippen LogP contribution in [0.1, 0.15) is 22.3 Å². The molecule has 0 saturated heterocycles. The summed E-state index contributed by atoms with van der Waals surface area (Å²) in [4.78, 5) is 48.6. The number of hydrogen-bond acceptors (Lipinski definition) is 6. The van der Waals surface area contributed by atoms with Crippen molar-refractivity contribution in [3.05, 3.63) is 35.4 Å². The lowest BCUT2D eigenvalue weighted by Crippen LogP contribution is -2.47. The van der Waals surface area contributed by atoms with Crippen LogP contribution in [0, 0.1) is 0 Å². The van der Waals surface area contributed by atoms with Crippen molar-refractivity contribution in [1.29, 1.82) is 0 Å². The highest BCUT2D eigenvalue weighted by atomic mass is 16.5. The minimum atomic E-state index is -1.17. The zero-order chi connectivity index (χ0) is 17.7. The minimum Gasteiger partial charge on any atom is -0.467 e. The van der Waals surface area contributed by atoms with Gasteiger partial charge < -0.3 is 15.2 Å². The second kappa shape index (κ2) is 7.69. The molecule has 128 valence electrons. The van der Waals surface area contributed by atoms with Gasteiger partial charge in [0.05, 0.1) is 20.1 Å². The van der Waals surface area contributed by atoms with Crippen LogP contribution in [0.4, 0.5) is 0 Å². The van der Waals surface area contributed by atoms with Gasteiger partial charge in [-0.3, -0.25) is 19.3 Å².